The highest BCUT2D eigenvalue weighted by Gasteiger charge is 2.12. The molecular formula is C23H20ClN3O2. The molecule has 0 saturated carbocycles. The topological polar surface area (TPSA) is 56.2 Å². The van der Waals surface area contributed by atoms with Crippen molar-refractivity contribution in [2.75, 3.05) is 19.0 Å². The van der Waals surface area contributed by atoms with Crippen LogP contribution in [-0.4, -0.2) is 23.2 Å². The minimum Gasteiger partial charge on any atom is -0.493 e. The number of para-hydroxylation sites is 1. The van der Waals surface area contributed by atoms with E-state index in [0.29, 0.717) is 23.0 Å². The molecule has 0 amide bonds. The Labute approximate surface area is 173 Å². The maximum Gasteiger partial charge on any atom is 0.354 e. The molecule has 0 aliphatic heterocycles. The summed E-state index contributed by atoms with van der Waals surface area (Å²) in [5, 5.41) is 4.37. The maximum atomic E-state index is 12.8. The van der Waals surface area contributed by atoms with Crippen LogP contribution in [0.5, 0.6) is 5.75 Å². The lowest BCUT2D eigenvalue weighted by Gasteiger charge is -2.14. The molecular weight excluding hydrogens is 386 g/mol. The highest BCUT2D eigenvalue weighted by molar-refractivity contribution is 6.31. The molecule has 6 heteroatoms. The van der Waals surface area contributed by atoms with Gasteiger partial charge in [-0.3, -0.25) is 4.57 Å². The maximum absolute atomic E-state index is 12.8. The third-order valence-corrected chi connectivity index (χ3v) is 4.90. The summed E-state index contributed by atoms with van der Waals surface area (Å²) in [5.41, 5.74) is 2.16. The summed E-state index contributed by atoms with van der Waals surface area (Å²) in [6.45, 7) is 0.548. The summed E-state index contributed by atoms with van der Waals surface area (Å²) in [5.74, 6) is 1.37. The number of fused-ring (bicyclic) bond motifs is 1. The van der Waals surface area contributed by atoms with E-state index in [2.05, 4.69) is 10.3 Å². The second-order valence-corrected chi connectivity index (χ2v) is 7.01. The monoisotopic (exact) mass is 405 g/mol. The van der Waals surface area contributed by atoms with Crippen molar-refractivity contribution in [1.29, 1.82) is 0 Å². The van der Waals surface area contributed by atoms with E-state index in [1.54, 1.807) is 23.7 Å². The highest BCUT2D eigenvalue weighted by atomic mass is 35.5. The van der Waals surface area contributed by atoms with E-state index in [1.807, 2.05) is 60.7 Å². The molecule has 1 N–H and O–H groups in total. The van der Waals surface area contributed by atoms with Crippen molar-refractivity contribution in [3.8, 4) is 11.4 Å². The van der Waals surface area contributed by atoms with Crippen molar-refractivity contribution in [2.24, 2.45) is 0 Å². The molecule has 146 valence electrons. The van der Waals surface area contributed by atoms with E-state index >= 15 is 0 Å². The number of aromatic nitrogens is 2. The molecule has 0 aliphatic rings. The van der Waals surface area contributed by atoms with Crippen molar-refractivity contribution in [1.82, 2.24) is 9.55 Å². The van der Waals surface area contributed by atoms with Crippen LogP contribution in [-0.2, 0) is 6.42 Å². The fourth-order valence-electron chi connectivity index (χ4n) is 3.29. The van der Waals surface area contributed by atoms with Crippen molar-refractivity contribution >= 4 is 28.3 Å². The zero-order chi connectivity index (χ0) is 20.2. The fourth-order valence-corrected chi connectivity index (χ4v) is 3.46. The lowest BCUT2D eigenvalue weighted by Crippen LogP contribution is -2.23. The Morgan fingerprint density at radius 2 is 1.86 bits per heavy atom. The SMILES string of the molecule is CNc1nc(=O)n(-c2cccc(CCOc3ccccc3)c2)c2cc(Cl)ccc12. The number of anilines is 1. The van der Waals surface area contributed by atoms with Gasteiger partial charge < -0.3 is 10.1 Å². The first-order valence-corrected chi connectivity index (χ1v) is 9.71. The van der Waals surface area contributed by atoms with Gasteiger partial charge >= 0.3 is 5.69 Å². The molecule has 0 aliphatic carbocycles. The summed E-state index contributed by atoms with van der Waals surface area (Å²) < 4.78 is 7.38. The van der Waals surface area contributed by atoms with Gasteiger partial charge in [0.2, 0.25) is 0 Å². The minimum atomic E-state index is -0.359. The summed E-state index contributed by atoms with van der Waals surface area (Å²) in [7, 11) is 1.74. The summed E-state index contributed by atoms with van der Waals surface area (Å²) in [6.07, 6.45) is 0.720. The van der Waals surface area contributed by atoms with Gasteiger partial charge in [-0.05, 0) is 48.0 Å². The van der Waals surface area contributed by atoms with Crippen LogP contribution in [0.2, 0.25) is 5.02 Å². The van der Waals surface area contributed by atoms with Crippen LogP contribution < -0.4 is 15.7 Å². The number of rotatable bonds is 6. The molecule has 4 rings (SSSR count). The van der Waals surface area contributed by atoms with Crippen LogP contribution >= 0.6 is 11.6 Å². The minimum absolute atomic E-state index is 0.359. The van der Waals surface area contributed by atoms with Gasteiger partial charge in [-0.2, -0.15) is 4.98 Å². The molecule has 0 fully saturated rings. The second-order valence-electron chi connectivity index (χ2n) is 6.57. The molecule has 0 bridgehead atoms. The van der Waals surface area contributed by atoms with Gasteiger partial charge in [-0.1, -0.05) is 41.9 Å². The molecule has 29 heavy (non-hydrogen) atoms. The lowest BCUT2D eigenvalue weighted by atomic mass is 10.1. The Morgan fingerprint density at radius 3 is 2.66 bits per heavy atom. The lowest BCUT2D eigenvalue weighted by molar-refractivity contribution is 0.322. The van der Waals surface area contributed by atoms with Gasteiger partial charge in [0.05, 0.1) is 17.8 Å². The normalized spacial score (nSPS) is 10.8. The molecule has 1 aromatic heterocycles. The van der Waals surface area contributed by atoms with Gasteiger partial charge in [-0.15, -0.1) is 0 Å². The van der Waals surface area contributed by atoms with Gasteiger partial charge in [0.25, 0.3) is 0 Å². The van der Waals surface area contributed by atoms with Crippen LogP contribution in [0.25, 0.3) is 16.6 Å². The average molecular weight is 406 g/mol. The van der Waals surface area contributed by atoms with E-state index in [0.717, 1.165) is 28.8 Å². The third-order valence-electron chi connectivity index (χ3n) is 4.66. The van der Waals surface area contributed by atoms with Gasteiger partial charge in [0, 0.05) is 23.9 Å². The van der Waals surface area contributed by atoms with Crippen molar-refractivity contribution in [3.63, 3.8) is 0 Å². The van der Waals surface area contributed by atoms with E-state index in [-0.39, 0.29) is 5.69 Å². The van der Waals surface area contributed by atoms with Crippen LogP contribution in [0.1, 0.15) is 5.56 Å². The smallest absolute Gasteiger partial charge is 0.354 e. The summed E-state index contributed by atoms with van der Waals surface area (Å²) in [4.78, 5) is 17.0. The second kappa shape index (κ2) is 8.37. The highest BCUT2D eigenvalue weighted by Crippen LogP contribution is 2.25. The largest absolute Gasteiger partial charge is 0.493 e. The van der Waals surface area contributed by atoms with Crippen LogP contribution in [0.3, 0.4) is 0 Å². The van der Waals surface area contributed by atoms with Crippen molar-refractivity contribution in [3.05, 3.63) is 93.9 Å². The molecule has 0 unspecified atom stereocenters. The van der Waals surface area contributed by atoms with Crippen molar-refractivity contribution in [2.45, 2.75) is 6.42 Å². The van der Waals surface area contributed by atoms with Gasteiger partial charge in [0.15, 0.2) is 0 Å². The van der Waals surface area contributed by atoms with E-state index in [9.17, 15) is 4.79 Å². The fraction of sp³-hybridized carbons (Fsp3) is 0.130. The quantitative estimate of drug-likeness (QED) is 0.505. The average Bonchev–Trinajstić information content (AvgIpc) is 2.74. The third kappa shape index (κ3) is 4.10. The van der Waals surface area contributed by atoms with Crippen molar-refractivity contribution < 1.29 is 4.74 Å². The zero-order valence-electron chi connectivity index (χ0n) is 15.9. The molecule has 0 saturated heterocycles. The molecule has 0 atom stereocenters. The number of hydrogen-bond donors (Lipinski definition) is 1. The van der Waals surface area contributed by atoms with Crippen LogP contribution in [0.15, 0.2) is 77.6 Å². The van der Waals surface area contributed by atoms with E-state index < -0.39 is 0 Å². The first-order valence-electron chi connectivity index (χ1n) is 9.33. The number of halogens is 1. The Morgan fingerprint density at radius 1 is 1.03 bits per heavy atom. The molecule has 4 aromatic rings. The van der Waals surface area contributed by atoms with Crippen LogP contribution in [0.4, 0.5) is 5.82 Å². The predicted octanol–water partition coefficient (Wildman–Crippen LogP) is 4.70. The molecule has 5 nitrogen and oxygen atoms in total. The number of benzene rings is 3. The molecule has 0 radical (unpaired) electrons. The van der Waals surface area contributed by atoms with E-state index in [1.165, 1.54) is 0 Å². The Balaban J connectivity index is 1.68. The molecule has 1 heterocycles. The van der Waals surface area contributed by atoms with Gasteiger partial charge in [-0.25, -0.2) is 4.79 Å². The molecule has 3 aromatic carbocycles. The zero-order valence-corrected chi connectivity index (χ0v) is 16.7. The number of nitrogens with one attached hydrogen (secondary N) is 1. The Hall–Kier alpha value is -3.31. The standard InChI is InChI=1S/C23H20ClN3O2/c1-25-22-20-11-10-17(24)15-21(20)27(23(28)26-22)18-7-5-6-16(14-18)12-13-29-19-8-3-2-4-9-19/h2-11,14-15H,12-13H2,1H3,(H,25,26,28). The summed E-state index contributed by atoms with van der Waals surface area (Å²) in [6, 6.07) is 23.0. The molecule has 0 spiro atoms. The Kier molecular flexibility index (Phi) is 5.49. The van der Waals surface area contributed by atoms with E-state index in [4.69, 9.17) is 16.3 Å². The first-order chi connectivity index (χ1) is 14.2. The predicted molar refractivity (Wildman–Crippen MR) is 118 cm³/mol. The number of nitrogens with zero attached hydrogens (tertiary/aromatic N) is 2. The first kappa shape index (κ1) is 19.0. The summed E-state index contributed by atoms with van der Waals surface area (Å²) >= 11 is 6.21. The van der Waals surface area contributed by atoms with Gasteiger partial charge in [0.1, 0.15) is 11.6 Å². The number of ether oxygens (including phenoxy) is 1. The number of hydrogen-bond acceptors (Lipinski definition) is 4. The Bertz CT molecular complexity index is 1210. The van der Waals surface area contributed by atoms with Crippen LogP contribution in [0, 0.1) is 0 Å².